The summed E-state index contributed by atoms with van der Waals surface area (Å²) in [6.07, 6.45) is 7.66. The average Bonchev–Trinajstić information content (AvgIpc) is 3.00. The van der Waals surface area contributed by atoms with Crippen molar-refractivity contribution in [2.45, 2.75) is 63.6 Å². The van der Waals surface area contributed by atoms with E-state index in [0.717, 1.165) is 32.5 Å². The summed E-state index contributed by atoms with van der Waals surface area (Å²) in [6.45, 7) is 2.88. The summed E-state index contributed by atoms with van der Waals surface area (Å²) >= 11 is 0. The largest absolute Gasteiger partial charge is 0.355 e. The molecule has 3 N–H and O–H groups in total. The highest BCUT2D eigenvalue weighted by atomic mass is 16.1. The lowest BCUT2D eigenvalue weighted by Gasteiger charge is -2.36. The van der Waals surface area contributed by atoms with Gasteiger partial charge in [-0.15, -0.1) is 0 Å². The quantitative estimate of drug-likeness (QED) is 0.843. The van der Waals surface area contributed by atoms with Crippen LogP contribution in [0.5, 0.6) is 0 Å². The third kappa shape index (κ3) is 4.81. The Morgan fingerprint density at radius 3 is 2.71 bits per heavy atom. The minimum Gasteiger partial charge on any atom is -0.355 e. The molecule has 1 amide bonds. The fraction of sp³-hybridized carbons (Fsp3) is 0.650. The summed E-state index contributed by atoms with van der Waals surface area (Å²) in [5, 5.41) is 3.18. The molecule has 0 radical (unpaired) electrons. The van der Waals surface area contributed by atoms with Gasteiger partial charge in [-0.1, -0.05) is 43.2 Å². The van der Waals surface area contributed by atoms with Crippen LogP contribution in [0.15, 0.2) is 30.3 Å². The van der Waals surface area contributed by atoms with E-state index in [-0.39, 0.29) is 11.9 Å². The van der Waals surface area contributed by atoms with Crippen LogP contribution >= 0.6 is 0 Å². The predicted molar refractivity (Wildman–Crippen MR) is 97.4 cm³/mol. The Bertz CT molecular complexity index is 519. The third-order valence-corrected chi connectivity index (χ3v) is 5.68. The second-order valence-corrected chi connectivity index (χ2v) is 7.47. The lowest BCUT2D eigenvalue weighted by Crippen LogP contribution is -2.46. The zero-order valence-corrected chi connectivity index (χ0v) is 14.6. The molecule has 1 aromatic carbocycles. The van der Waals surface area contributed by atoms with Crippen LogP contribution in [0.4, 0.5) is 0 Å². The minimum absolute atomic E-state index is 0.183. The van der Waals surface area contributed by atoms with Crippen molar-refractivity contribution < 1.29 is 4.79 Å². The Balaban J connectivity index is 1.47. The van der Waals surface area contributed by atoms with Gasteiger partial charge >= 0.3 is 0 Å². The van der Waals surface area contributed by atoms with Crippen molar-refractivity contribution in [2.24, 2.45) is 11.7 Å². The van der Waals surface area contributed by atoms with Crippen molar-refractivity contribution in [1.82, 2.24) is 10.2 Å². The second-order valence-electron chi connectivity index (χ2n) is 7.47. The van der Waals surface area contributed by atoms with E-state index >= 15 is 0 Å². The van der Waals surface area contributed by atoms with Crippen LogP contribution in [-0.4, -0.2) is 36.0 Å². The number of piperidine rings is 1. The Labute approximate surface area is 145 Å². The lowest BCUT2D eigenvalue weighted by atomic mass is 9.99. The molecule has 1 unspecified atom stereocenters. The average molecular weight is 329 g/mol. The highest BCUT2D eigenvalue weighted by Gasteiger charge is 2.27. The summed E-state index contributed by atoms with van der Waals surface area (Å²) < 4.78 is 0. The van der Waals surface area contributed by atoms with E-state index in [1.54, 1.807) is 0 Å². The SMILES string of the molecule is N[C@@H]1CCC[C@H]1CC(=O)NCC1CCCCN1Cc1ccccc1. The number of rotatable bonds is 6. The molecule has 1 saturated heterocycles. The number of carbonyl (C=O) groups is 1. The van der Waals surface area contributed by atoms with Crippen molar-refractivity contribution in [2.75, 3.05) is 13.1 Å². The Morgan fingerprint density at radius 2 is 1.96 bits per heavy atom. The Kier molecular flexibility index (Phi) is 6.27. The van der Waals surface area contributed by atoms with Crippen LogP contribution in [0.2, 0.25) is 0 Å². The first-order chi connectivity index (χ1) is 11.7. The molecule has 24 heavy (non-hydrogen) atoms. The maximum Gasteiger partial charge on any atom is 0.220 e. The summed E-state index contributed by atoms with van der Waals surface area (Å²) in [6, 6.07) is 11.3. The van der Waals surface area contributed by atoms with Gasteiger partial charge in [0.1, 0.15) is 0 Å². The van der Waals surface area contributed by atoms with Crippen LogP contribution in [0, 0.1) is 5.92 Å². The third-order valence-electron chi connectivity index (χ3n) is 5.68. The van der Waals surface area contributed by atoms with Gasteiger partial charge in [-0.3, -0.25) is 9.69 Å². The number of carbonyl (C=O) groups excluding carboxylic acids is 1. The maximum atomic E-state index is 12.3. The van der Waals surface area contributed by atoms with Crippen molar-refractivity contribution in [1.29, 1.82) is 0 Å². The molecule has 2 fully saturated rings. The molecule has 1 aromatic rings. The van der Waals surface area contributed by atoms with Crippen LogP contribution in [0.3, 0.4) is 0 Å². The molecule has 4 nitrogen and oxygen atoms in total. The maximum absolute atomic E-state index is 12.3. The molecular weight excluding hydrogens is 298 g/mol. The summed E-state index contributed by atoms with van der Waals surface area (Å²) in [4.78, 5) is 14.8. The van der Waals surface area contributed by atoms with Gasteiger partial charge in [0, 0.05) is 31.6 Å². The van der Waals surface area contributed by atoms with E-state index < -0.39 is 0 Å². The van der Waals surface area contributed by atoms with E-state index in [2.05, 4.69) is 40.5 Å². The van der Waals surface area contributed by atoms with E-state index in [9.17, 15) is 4.79 Å². The van der Waals surface area contributed by atoms with Crippen molar-refractivity contribution >= 4 is 5.91 Å². The Morgan fingerprint density at radius 1 is 1.12 bits per heavy atom. The Hall–Kier alpha value is -1.39. The summed E-state index contributed by atoms with van der Waals surface area (Å²) in [7, 11) is 0. The zero-order chi connectivity index (χ0) is 16.8. The second kappa shape index (κ2) is 8.63. The number of amides is 1. The number of nitrogens with one attached hydrogen (secondary N) is 1. The first kappa shape index (κ1) is 17.4. The molecule has 0 spiro atoms. The molecular formula is C20H31N3O. The first-order valence-corrected chi connectivity index (χ1v) is 9.52. The first-order valence-electron chi connectivity index (χ1n) is 9.52. The topological polar surface area (TPSA) is 58.4 Å². The van der Waals surface area contributed by atoms with E-state index in [1.807, 2.05) is 0 Å². The molecule has 4 heteroatoms. The normalized spacial score (nSPS) is 28.0. The van der Waals surface area contributed by atoms with Gasteiger partial charge in [0.25, 0.3) is 0 Å². The minimum atomic E-state index is 0.183. The van der Waals surface area contributed by atoms with Gasteiger partial charge in [0.2, 0.25) is 5.91 Å². The standard InChI is InChI=1S/C20H31N3O/c21-19-11-6-9-17(19)13-20(24)22-14-18-10-4-5-12-23(18)15-16-7-2-1-3-8-16/h1-3,7-8,17-19H,4-6,9-15,21H2,(H,22,24)/t17-,18?,19+/m0/s1. The highest BCUT2D eigenvalue weighted by molar-refractivity contribution is 5.76. The van der Waals surface area contributed by atoms with E-state index in [1.165, 1.54) is 31.2 Å². The number of hydrogen-bond acceptors (Lipinski definition) is 3. The number of hydrogen-bond donors (Lipinski definition) is 2. The summed E-state index contributed by atoms with van der Waals surface area (Å²) in [5.41, 5.74) is 7.44. The molecule has 132 valence electrons. The smallest absolute Gasteiger partial charge is 0.220 e. The fourth-order valence-corrected chi connectivity index (χ4v) is 4.18. The van der Waals surface area contributed by atoms with Gasteiger partial charge < -0.3 is 11.1 Å². The van der Waals surface area contributed by atoms with Gasteiger partial charge in [-0.2, -0.15) is 0 Å². The van der Waals surface area contributed by atoms with Crippen LogP contribution < -0.4 is 11.1 Å². The molecule has 3 atom stereocenters. The van der Waals surface area contributed by atoms with Gasteiger partial charge in [0.05, 0.1) is 0 Å². The predicted octanol–water partition coefficient (Wildman–Crippen LogP) is 2.67. The molecule has 3 rings (SSSR count). The van der Waals surface area contributed by atoms with Crippen LogP contribution in [0.1, 0.15) is 50.5 Å². The molecule has 1 saturated carbocycles. The van der Waals surface area contributed by atoms with Crippen molar-refractivity contribution in [3.05, 3.63) is 35.9 Å². The molecule has 1 heterocycles. The number of nitrogens with zero attached hydrogens (tertiary/aromatic N) is 1. The molecule has 1 aliphatic carbocycles. The van der Waals surface area contributed by atoms with Crippen molar-refractivity contribution in [3.8, 4) is 0 Å². The van der Waals surface area contributed by atoms with E-state index in [4.69, 9.17) is 5.73 Å². The van der Waals surface area contributed by atoms with E-state index in [0.29, 0.717) is 18.4 Å². The monoisotopic (exact) mass is 329 g/mol. The summed E-state index contributed by atoms with van der Waals surface area (Å²) in [5.74, 6) is 0.569. The molecule has 1 aliphatic heterocycles. The van der Waals surface area contributed by atoms with Gasteiger partial charge in [-0.05, 0) is 43.7 Å². The zero-order valence-electron chi connectivity index (χ0n) is 14.6. The molecule has 0 aromatic heterocycles. The molecule has 0 bridgehead atoms. The number of likely N-dealkylation sites (tertiary alicyclic amines) is 1. The van der Waals surface area contributed by atoms with Gasteiger partial charge in [-0.25, -0.2) is 0 Å². The highest BCUT2D eigenvalue weighted by Crippen LogP contribution is 2.26. The molecule has 2 aliphatic rings. The number of benzene rings is 1. The lowest BCUT2D eigenvalue weighted by molar-refractivity contribution is -0.122. The number of nitrogens with two attached hydrogens (primary N) is 1. The van der Waals surface area contributed by atoms with Crippen LogP contribution in [0.25, 0.3) is 0 Å². The fourth-order valence-electron chi connectivity index (χ4n) is 4.18. The van der Waals surface area contributed by atoms with Gasteiger partial charge in [0.15, 0.2) is 0 Å². The van der Waals surface area contributed by atoms with Crippen LogP contribution in [-0.2, 0) is 11.3 Å². The van der Waals surface area contributed by atoms with Crippen molar-refractivity contribution in [3.63, 3.8) is 0 Å².